The van der Waals surface area contributed by atoms with Gasteiger partial charge in [0, 0.05) is 17.5 Å². The van der Waals surface area contributed by atoms with Crippen LogP contribution < -0.4 is 10.5 Å². The van der Waals surface area contributed by atoms with Gasteiger partial charge in [0.25, 0.3) is 0 Å². The Morgan fingerprint density at radius 1 is 1.24 bits per heavy atom. The molecule has 0 bridgehead atoms. The molecule has 4 atom stereocenters. The molecule has 0 saturated heterocycles. The quantitative estimate of drug-likeness (QED) is 0.717. The largest absolute Gasteiger partial charge is 0.504 e. The highest BCUT2D eigenvalue weighted by molar-refractivity contribution is 5.56. The second kappa shape index (κ2) is 3.16. The van der Waals surface area contributed by atoms with Crippen molar-refractivity contribution in [3.05, 3.63) is 23.3 Å². The Morgan fingerprint density at radius 3 is 3.00 bits per heavy atom. The summed E-state index contributed by atoms with van der Waals surface area (Å²) in [6.45, 7) is 0. The molecule has 0 radical (unpaired) electrons. The molecule has 1 heterocycles. The molecular weight excluding hydrogens is 214 g/mol. The van der Waals surface area contributed by atoms with Gasteiger partial charge in [-0.15, -0.1) is 0 Å². The Bertz CT molecular complexity index is 485. The molecule has 1 saturated carbocycles. The Hall–Kier alpha value is -1.22. The van der Waals surface area contributed by atoms with Crippen LogP contribution in [0, 0.1) is 5.92 Å². The number of rotatable bonds is 0. The monoisotopic (exact) mass is 231 g/mol. The van der Waals surface area contributed by atoms with E-state index in [9.17, 15) is 5.11 Å². The van der Waals surface area contributed by atoms with E-state index in [2.05, 4.69) is 6.07 Å². The first kappa shape index (κ1) is 9.77. The third-order valence-corrected chi connectivity index (χ3v) is 4.79. The highest BCUT2D eigenvalue weighted by atomic mass is 16.5. The molecule has 0 amide bonds. The van der Waals surface area contributed by atoms with E-state index in [1.165, 1.54) is 24.0 Å². The van der Waals surface area contributed by atoms with E-state index in [-0.39, 0.29) is 17.9 Å². The molecule has 3 N–H and O–H groups in total. The summed E-state index contributed by atoms with van der Waals surface area (Å²) in [4.78, 5) is 0. The molecular formula is C14H17NO2. The average Bonchev–Trinajstić information content (AvgIpc) is 2.75. The zero-order valence-electron chi connectivity index (χ0n) is 9.73. The SMILES string of the molecule is NC1CCC2CCc3ccc(O)c4c3C2[C@@H]1O4. The molecule has 1 aromatic carbocycles. The molecule has 3 heteroatoms. The molecule has 90 valence electrons. The predicted octanol–water partition coefficient (Wildman–Crippen LogP) is 1.92. The van der Waals surface area contributed by atoms with E-state index in [4.69, 9.17) is 10.5 Å². The summed E-state index contributed by atoms with van der Waals surface area (Å²) in [6, 6.07) is 3.93. The van der Waals surface area contributed by atoms with Crippen molar-refractivity contribution in [2.24, 2.45) is 11.7 Å². The van der Waals surface area contributed by atoms with Crippen LogP contribution in [-0.4, -0.2) is 17.3 Å². The van der Waals surface area contributed by atoms with Crippen molar-refractivity contribution in [1.82, 2.24) is 0 Å². The number of benzene rings is 1. The number of phenols is 1. The summed E-state index contributed by atoms with van der Waals surface area (Å²) < 4.78 is 5.97. The van der Waals surface area contributed by atoms with E-state index in [0.717, 1.165) is 18.6 Å². The second-order valence-corrected chi connectivity index (χ2v) is 5.63. The number of nitrogens with two attached hydrogens (primary N) is 1. The van der Waals surface area contributed by atoms with E-state index >= 15 is 0 Å². The van der Waals surface area contributed by atoms with Crippen molar-refractivity contribution in [2.75, 3.05) is 0 Å². The first-order valence-electron chi connectivity index (χ1n) is 6.52. The molecule has 3 unspecified atom stereocenters. The minimum Gasteiger partial charge on any atom is -0.504 e. The standard InChI is InChI=1S/C14H17NO2/c15-9-5-3-7-1-2-8-4-6-10(16)14-12(8)11(7)13(9)17-14/h4,6-7,9,11,13,16H,1-3,5,15H2/t7?,9?,11?,13-/m1/s1. The maximum atomic E-state index is 9.93. The van der Waals surface area contributed by atoms with Crippen molar-refractivity contribution in [3.8, 4) is 11.5 Å². The second-order valence-electron chi connectivity index (χ2n) is 5.63. The van der Waals surface area contributed by atoms with Gasteiger partial charge in [-0.1, -0.05) is 6.07 Å². The van der Waals surface area contributed by atoms with E-state index in [1.54, 1.807) is 6.07 Å². The van der Waals surface area contributed by atoms with Gasteiger partial charge in [0.2, 0.25) is 0 Å². The van der Waals surface area contributed by atoms with Crippen LogP contribution >= 0.6 is 0 Å². The smallest absolute Gasteiger partial charge is 0.165 e. The van der Waals surface area contributed by atoms with Crippen LogP contribution in [0.25, 0.3) is 0 Å². The maximum Gasteiger partial charge on any atom is 0.165 e. The molecule has 3 nitrogen and oxygen atoms in total. The zero-order chi connectivity index (χ0) is 11.6. The Balaban J connectivity index is 1.92. The summed E-state index contributed by atoms with van der Waals surface area (Å²) >= 11 is 0. The molecule has 0 spiro atoms. The van der Waals surface area contributed by atoms with E-state index in [0.29, 0.717) is 11.8 Å². The minimum absolute atomic E-state index is 0.0936. The number of ether oxygens (including phenoxy) is 1. The van der Waals surface area contributed by atoms with Gasteiger partial charge in [-0.25, -0.2) is 0 Å². The van der Waals surface area contributed by atoms with Gasteiger partial charge in [-0.05, 0) is 43.2 Å². The number of hydrogen-bond donors (Lipinski definition) is 2. The van der Waals surface area contributed by atoms with Gasteiger partial charge in [0.15, 0.2) is 11.5 Å². The van der Waals surface area contributed by atoms with Gasteiger partial charge in [-0.3, -0.25) is 0 Å². The summed E-state index contributed by atoms with van der Waals surface area (Å²) in [5.41, 5.74) is 8.80. The summed E-state index contributed by atoms with van der Waals surface area (Å²) in [7, 11) is 0. The first-order valence-corrected chi connectivity index (χ1v) is 6.52. The fourth-order valence-corrected chi connectivity index (χ4v) is 3.98. The zero-order valence-corrected chi connectivity index (χ0v) is 9.73. The van der Waals surface area contributed by atoms with Gasteiger partial charge < -0.3 is 15.6 Å². The number of aryl methyl sites for hydroxylation is 1. The predicted molar refractivity (Wildman–Crippen MR) is 64.3 cm³/mol. The third kappa shape index (κ3) is 1.15. The normalized spacial score (nSPS) is 37.5. The summed E-state index contributed by atoms with van der Waals surface area (Å²) in [6.07, 6.45) is 4.72. The van der Waals surface area contributed by atoms with Crippen molar-refractivity contribution < 1.29 is 9.84 Å². The first-order chi connectivity index (χ1) is 8.25. The Kier molecular flexibility index (Phi) is 1.82. The molecule has 4 rings (SSSR count). The lowest BCUT2D eigenvalue weighted by Gasteiger charge is -2.39. The fourth-order valence-electron chi connectivity index (χ4n) is 3.98. The molecule has 0 aromatic heterocycles. The number of aromatic hydroxyl groups is 1. The van der Waals surface area contributed by atoms with Gasteiger partial charge in [0.05, 0.1) is 0 Å². The van der Waals surface area contributed by atoms with Gasteiger partial charge in [0.1, 0.15) is 6.10 Å². The molecule has 1 aliphatic heterocycles. The van der Waals surface area contributed by atoms with Gasteiger partial charge in [-0.2, -0.15) is 0 Å². The topological polar surface area (TPSA) is 55.5 Å². The van der Waals surface area contributed by atoms with E-state index < -0.39 is 0 Å². The van der Waals surface area contributed by atoms with Crippen molar-refractivity contribution in [3.63, 3.8) is 0 Å². The third-order valence-electron chi connectivity index (χ3n) is 4.79. The van der Waals surface area contributed by atoms with Crippen molar-refractivity contribution >= 4 is 0 Å². The molecule has 1 aromatic rings. The average molecular weight is 231 g/mol. The maximum absolute atomic E-state index is 9.93. The van der Waals surface area contributed by atoms with Gasteiger partial charge >= 0.3 is 0 Å². The fraction of sp³-hybridized carbons (Fsp3) is 0.571. The lowest BCUT2D eigenvalue weighted by molar-refractivity contribution is 0.0975. The van der Waals surface area contributed by atoms with Crippen LogP contribution in [0.1, 0.15) is 36.3 Å². The van der Waals surface area contributed by atoms with Crippen LogP contribution in [0.3, 0.4) is 0 Å². The van der Waals surface area contributed by atoms with Crippen LogP contribution in [0.15, 0.2) is 12.1 Å². The number of phenolic OH excluding ortho intramolecular Hbond substituents is 1. The summed E-state index contributed by atoms with van der Waals surface area (Å²) in [5.74, 6) is 2.14. The van der Waals surface area contributed by atoms with Crippen LogP contribution in [-0.2, 0) is 6.42 Å². The van der Waals surface area contributed by atoms with Crippen LogP contribution in [0.5, 0.6) is 11.5 Å². The molecule has 1 fully saturated rings. The Labute approximate surface area is 101 Å². The summed E-state index contributed by atoms with van der Waals surface area (Å²) in [5, 5.41) is 9.93. The molecule has 3 aliphatic rings. The van der Waals surface area contributed by atoms with E-state index in [1.807, 2.05) is 0 Å². The lowest BCUT2D eigenvalue weighted by atomic mass is 9.66. The van der Waals surface area contributed by atoms with Crippen LogP contribution in [0.2, 0.25) is 0 Å². The Morgan fingerprint density at radius 2 is 2.12 bits per heavy atom. The van der Waals surface area contributed by atoms with Crippen LogP contribution in [0.4, 0.5) is 0 Å². The lowest BCUT2D eigenvalue weighted by Crippen LogP contribution is -2.47. The molecule has 2 aliphatic carbocycles. The highest BCUT2D eigenvalue weighted by Gasteiger charge is 2.49. The minimum atomic E-state index is 0.0936. The number of hydrogen-bond acceptors (Lipinski definition) is 3. The van der Waals surface area contributed by atoms with Crippen molar-refractivity contribution in [2.45, 2.75) is 43.7 Å². The molecule has 17 heavy (non-hydrogen) atoms. The highest BCUT2D eigenvalue weighted by Crippen LogP contribution is 2.55. The van der Waals surface area contributed by atoms with Crippen molar-refractivity contribution in [1.29, 1.82) is 0 Å².